The number of aryl methyl sites for hydroxylation is 1. The Labute approximate surface area is 122 Å². The number of benzene rings is 2. The Bertz CT molecular complexity index is 571. The third-order valence-corrected chi connectivity index (χ3v) is 4.27. The van der Waals surface area contributed by atoms with Crippen molar-refractivity contribution in [2.45, 2.75) is 45.6 Å². The van der Waals surface area contributed by atoms with Crippen LogP contribution >= 0.6 is 0 Å². The van der Waals surface area contributed by atoms with Crippen LogP contribution in [-0.2, 0) is 6.42 Å². The van der Waals surface area contributed by atoms with Crippen LogP contribution in [0.1, 0.15) is 37.3 Å². The van der Waals surface area contributed by atoms with E-state index >= 15 is 0 Å². The molecule has 0 bridgehead atoms. The lowest BCUT2D eigenvalue weighted by Gasteiger charge is -2.28. The number of hydrogen-bond acceptors (Lipinski definition) is 1. The number of fused-ring (bicyclic) bond motifs is 1. The molecule has 1 nitrogen and oxygen atoms in total. The Morgan fingerprint density at radius 2 is 1.80 bits per heavy atom. The fraction of sp³-hybridized carbons (Fsp3) is 0.368. The quantitative estimate of drug-likeness (QED) is 0.730. The predicted octanol–water partition coefficient (Wildman–Crippen LogP) is 5.25. The molecule has 1 aliphatic rings. The summed E-state index contributed by atoms with van der Waals surface area (Å²) in [6.45, 7) is 4.43. The van der Waals surface area contributed by atoms with E-state index in [1.54, 1.807) is 0 Å². The van der Waals surface area contributed by atoms with Crippen molar-refractivity contribution in [2.24, 2.45) is 0 Å². The van der Waals surface area contributed by atoms with Gasteiger partial charge in [-0.15, -0.1) is 0 Å². The molecular weight excluding hydrogens is 242 g/mol. The minimum absolute atomic E-state index is 0.620. The number of hydrogen-bond donors (Lipinski definition) is 0. The zero-order chi connectivity index (χ0) is 13.9. The first-order valence-electron chi connectivity index (χ1n) is 7.73. The first kappa shape index (κ1) is 13.2. The van der Waals surface area contributed by atoms with Crippen molar-refractivity contribution in [3.05, 3.63) is 59.7 Å². The molecular formula is C19H23N. The van der Waals surface area contributed by atoms with E-state index in [9.17, 15) is 0 Å². The summed E-state index contributed by atoms with van der Waals surface area (Å²) in [5.74, 6) is 0. The first-order chi connectivity index (χ1) is 9.79. The van der Waals surface area contributed by atoms with Crippen LogP contribution in [-0.4, -0.2) is 6.04 Å². The molecule has 0 amide bonds. The maximum absolute atomic E-state index is 2.55. The van der Waals surface area contributed by atoms with E-state index in [4.69, 9.17) is 0 Å². The maximum atomic E-state index is 2.55. The largest absolute Gasteiger partial charge is 0.338 e. The standard InChI is InChI=1S/C19H23N/c1-3-4-8-18-14-16-7-5-6-9-19(16)20(18)17-12-10-15(2)11-13-17/h5-7,9-13,18H,3-4,8,14H2,1-2H3. The van der Waals surface area contributed by atoms with Gasteiger partial charge in [0.25, 0.3) is 0 Å². The smallest absolute Gasteiger partial charge is 0.0446 e. The summed E-state index contributed by atoms with van der Waals surface area (Å²) < 4.78 is 0. The molecule has 3 rings (SSSR count). The van der Waals surface area contributed by atoms with E-state index in [0.717, 1.165) is 0 Å². The number of para-hydroxylation sites is 1. The van der Waals surface area contributed by atoms with E-state index in [1.165, 1.54) is 48.2 Å². The van der Waals surface area contributed by atoms with Gasteiger partial charge in [-0.05, 0) is 43.5 Å². The highest BCUT2D eigenvalue weighted by molar-refractivity contribution is 5.71. The van der Waals surface area contributed by atoms with Gasteiger partial charge in [-0.2, -0.15) is 0 Å². The third kappa shape index (κ3) is 2.45. The van der Waals surface area contributed by atoms with Crippen molar-refractivity contribution < 1.29 is 0 Å². The summed E-state index contributed by atoms with van der Waals surface area (Å²) in [4.78, 5) is 2.55. The highest BCUT2D eigenvalue weighted by atomic mass is 15.2. The molecule has 0 spiro atoms. The summed E-state index contributed by atoms with van der Waals surface area (Å²) >= 11 is 0. The molecule has 1 heterocycles. The van der Waals surface area contributed by atoms with Crippen molar-refractivity contribution >= 4 is 11.4 Å². The van der Waals surface area contributed by atoms with Gasteiger partial charge in [0.1, 0.15) is 0 Å². The lowest BCUT2D eigenvalue weighted by molar-refractivity contribution is 0.585. The molecule has 104 valence electrons. The minimum atomic E-state index is 0.620. The average Bonchev–Trinajstić information content (AvgIpc) is 2.84. The zero-order valence-electron chi connectivity index (χ0n) is 12.5. The number of rotatable bonds is 4. The predicted molar refractivity (Wildman–Crippen MR) is 86.8 cm³/mol. The highest BCUT2D eigenvalue weighted by Crippen LogP contribution is 2.39. The maximum Gasteiger partial charge on any atom is 0.0446 e. The minimum Gasteiger partial charge on any atom is -0.338 e. The molecule has 0 aromatic heterocycles. The fourth-order valence-electron chi connectivity index (χ4n) is 3.19. The lowest BCUT2D eigenvalue weighted by Crippen LogP contribution is -2.27. The summed E-state index contributed by atoms with van der Waals surface area (Å²) in [5.41, 5.74) is 5.56. The molecule has 2 aromatic rings. The topological polar surface area (TPSA) is 3.24 Å². The van der Waals surface area contributed by atoms with Crippen molar-refractivity contribution in [3.63, 3.8) is 0 Å². The Morgan fingerprint density at radius 3 is 2.55 bits per heavy atom. The molecule has 1 heteroatoms. The van der Waals surface area contributed by atoms with Gasteiger partial charge in [-0.25, -0.2) is 0 Å². The van der Waals surface area contributed by atoms with Gasteiger partial charge in [-0.3, -0.25) is 0 Å². The van der Waals surface area contributed by atoms with Gasteiger partial charge in [0.2, 0.25) is 0 Å². The molecule has 0 radical (unpaired) electrons. The van der Waals surface area contributed by atoms with Gasteiger partial charge in [0.05, 0.1) is 0 Å². The Kier molecular flexibility index (Phi) is 3.77. The monoisotopic (exact) mass is 265 g/mol. The lowest BCUT2D eigenvalue weighted by atomic mass is 10.0. The van der Waals surface area contributed by atoms with Gasteiger partial charge < -0.3 is 4.90 Å². The van der Waals surface area contributed by atoms with Crippen LogP contribution in [0.5, 0.6) is 0 Å². The molecule has 1 atom stereocenters. The van der Waals surface area contributed by atoms with Gasteiger partial charge in [0.15, 0.2) is 0 Å². The Morgan fingerprint density at radius 1 is 1.05 bits per heavy atom. The first-order valence-corrected chi connectivity index (χ1v) is 7.73. The van der Waals surface area contributed by atoms with Crippen LogP contribution < -0.4 is 4.90 Å². The van der Waals surface area contributed by atoms with Gasteiger partial charge in [-0.1, -0.05) is 55.7 Å². The fourth-order valence-corrected chi connectivity index (χ4v) is 3.19. The number of anilines is 2. The summed E-state index contributed by atoms with van der Waals surface area (Å²) in [7, 11) is 0. The van der Waals surface area contributed by atoms with Gasteiger partial charge >= 0.3 is 0 Å². The Hall–Kier alpha value is -1.76. The number of nitrogens with zero attached hydrogens (tertiary/aromatic N) is 1. The zero-order valence-corrected chi connectivity index (χ0v) is 12.5. The summed E-state index contributed by atoms with van der Waals surface area (Å²) in [6, 6.07) is 18.4. The molecule has 0 N–H and O–H groups in total. The molecule has 2 aromatic carbocycles. The van der Waals surface area contributed by atoms with Gasteiger partial charge in [0, 0.05) is 17.4 Å². The van der Waals surface area contributed by atoms with Crippen LogP contribution in [0, 0.1) is 6.92 Å². The van der Waals surface area contributed by atoms with Crippen LogP contribution in [0.4, 0.5) is 11.4 Å². The molecule has 1 aliphatic heterocycles. The summed E-state index contributed by atoms with van der Waals surface area (Å²) in [5, 5.41) is 0. The van der Waals surface area contributed by atoms with Crippen LogP contribution in [0.3, 0.4) is 0 Å². The van der Waals surface area contributed by atoms with Crippen LogP contribution in [0.25, 0.3) is 0 Å². The SMILES string of the molecule is CCCCC1Cc2ccccc2N1c1ccc(C)cc1. The van der Waals surface area contributed by atoms with Crippen LogP contribution in [0.15, 0.2) is 48.5 Å². The molecule has 0 saturated carbocycles. The molecule has 1 unspecified atom stereocenters. The Balaban J connectivity index is 1.96. The second kappa shape index (κ2) is 5.70. The van der Waals surface area contributed by atoms with E-state index in [0.29, 0.717) is 6.04 Å². The number of unbranched alkanes of at least 4 members (excludes halogenated alkanes) is 1. The van der Waals surface area contributed by atoms with Crippen molar-refractivity contribution in [1.82, 2.24) is 0 Å². The normalized spacial score (nSPS) is 17.3. The van der Waals surface area contributed by atoms with Crippen molar-refractivity contribution in [3.8, 4) is 0 Å². The second-order valence-electron chi connectivity index (χ2n) is 5.83. The van der Waals surface area contributed by atoms with Crippen molar-refractivity contribution in [2.75, 3.05) is 4.90 Å². The molecule has 0 fully saturated rings. The van der Waals surface area contributed by atoms with E-state index in [-0.39, 0.29) is 0 Å². The van der Waals surface area contributed by atoms with E-state index in [1.807, 2.05) is 0 Å². The van der Waals surface area contributed by atoms with E-state index in [2.05, 4.69) is 67.3 Å². The molecule has 0 aliphatic carbocycles. The molecule has 20 heavy (non-hydrogen) atoms. The second-order valence-corrected chi connectivity index (χ2v) is 5.83. The van der Waals surface area contributed by atoms with E-state index < -0.39 is 0 Å². The van der Waals surface area contributed by atoms with Crippen LogP contribution in [0.2, 0.25) is 0 Å². The third-order valence-electron chi connectivity index (χ3n) is 4.27. The average molecular weight is 265 g/mol. The summed E-state index contributed by atoms with van der Waals surface area (Å²) in [6.07, 6.45) is 5.04. The van der Waals surface area contributed by atoms with Crippen molar-refractivity contribution in [1.29, 1.82) is 0 Å². The molecule has 0 saturated heterocycles. The highest BCUT2D eigenvalue weighted by Gasteiger charge is 2.29.